The van der Waals surface area contributed by atoms with Gasteiger partial charge in [-0.25, -0.2) is 9.59 Å². The van der Waals surface area contributed by atoms with Gasteiger partial charge in [0.1, 0.15) is 11.2 Å². The number of hydrogen-bond donors (Lipinski definition) is 1. The molecule has 0 aromatic carbocycles. The van der Waals surface area contributed by atoms with Crippen molar-refractivity contribution >= 4 is 12.2 Å². The molecule has 2 aliphatic heterocycles. The Kier molecular flexibility index (Phi) is 11.7. The van der Waals surface area contributed by atoms with Crippen molar-refractivity contribution in [3.8, 4) is 0 Å². The van der Waals surface area contributed by atoms with Crippen molar-refractivity contribution in [3.05, 3.63) is 0 Å². The van der Waals surface area contributed by atoms with Gasteiger partial charge in [0.05, 0.1) is 0 Å². The number of ether oxygens (including phenoxy) is 2. The molecule has 0 saturated carbocycles. The molecule has 0 aromatic heterocycles. The Morgan fingerprint density at radius 1 is 0.733 bits per heavy atom. The molecule has 0 aliphatic carbocycles. The topological polar surface area (TPSA) is 74.4 Å². The molecule has 0 bridgehead atoms. The fourth-order valence-electron chi connectivity index (χ4n) is 2.92. The molecule has 178 valence electrons. The molecule has 8 nitrogen and oxygen atoms in total. The number of carbonyl (C=O) groups is 2. The molecule has 0 unspecified atom stereocenters. The number of hydrogen-bond acceptors (Lipinski definition) is 6. The van der Waals surface area contributed by atoms with Gasteiger partial charge in [0, 0.05) is 58.4 Å². The van der Waals surface area contributed by atoms with Gasteiger partial charge in [0.25, 0.3) is 0 Å². The Labute approximate surface area is 184 Å². The number of amides is 2. The van der Waals surface area contributed by atoms with Crippen molar-refractivity contribution in [2.45, 2.75) is 80.1 Å². The van der Waals surface area contributed by atoms with E-state index in [4.69, 9.17) is 9.47 Å². The maximum absolute atomic E-state index is 11.8. The molecule has 2 aliphatic rings. The van der Waals surface area contributed by atoms with Crippen LogP contribution in [0, 0.1) is 0 Å². The largest absolute Gasteiger partial charge is 0.444 e. The summed E-state index contributed by atoms with van der Waals surface area (Å²) in [6.07, 6.45) is -0.384. The van der Waals surface area contributed by atoms with Crippen LogP contribution < -0.4 is 5.32 Å². The first-order chi connectivity index (χ1) is 13.3. The van der Waals surface area contributed by atoms with Crippen LogP contribution >= 0.6 is 0 Å². The fraction of sp³-hybridized carbons (Fsp3) is 0.909. The third-order valence-electron chi connectivity index (χ3n) is 4.46. The fourth-order valence-corrected chi connectivity index (χ4v) is 2.92. The lowest BCUT2D eigenvalue weighted by molar-refractivity contribution is 0.0117. The molecule has 2 amide bonds. The summed E-state index contributed by atoms with van der Waals surface area (Å²) in [5.74, 6) is 0. The predicted octanol–water partition coefficient (Wildman–Crippen LogP) is 3.41. The van der Waals surface area contributed by atoms with E-state index in [-0.39, 0.29) is 25.2 Å². The Bertz CT molecular complexity index is 512. The van der Waals surface area contributed by atoms with E-state index in [1.165, 1.54) is 0 Å². The van der Waals surface area contributed by atoms with E-state index >= 15 is 0 Å². The summed E-state index contributed by atoms with van der Waals surface area (Å²) in [7, 11) is 0. The van der Waals surface area contributed by atoms with Crippen LogP contribution in [0.2, 0.25) is 0 Å². The van der Waals surface area contributed by atoms with Crippen LogP contribution in [-0.4, -0.2) is 96.5 Å². The second-order valence-electron chi connectivity index (χ2n) is 9.81. The minimum Gasteiger partial charge on any atom is -0.444 e. The third kappa shape index (κ3) is 11.6. The molecule has 0 spiro atoms. The second kappa shape index (κ2) is 12.3. The monoisotopic (exact) mass is 430 g/mol. The summed E-state index contributed by atoms with van der Waals surface area (Å²) in [5, 5.41) is 3.18. The predicted molar refractivity (Wildman–Crippen MR) is 122 cm³/mol. The minimum absolute atomic E-state index is 0. The van der Waals surface area contributed by atoms with Gasteiger partial charge in [-0.2, -0.15) is 0 Å². The summed E-state index contributed by atoms with van der Waals surface area (Å²) < 4.78 is 10.6. The van der Waals surface area contributed by atoms with Crippen LogP contribution in [0.4, 0.5) is 9.59 Å². The number of rotatable bonds is 1. The van der Waals surface area contributed by atoms with E-state index < -0.39 is 5.60 Å². The zero-order valence-electron chi connectivity index (χ0n) is 19.7. The standard InChI is InChI=1S/C12H24N2O2.C9H18N2O2.CH4/c1-10(2)13-6-8-14(9-7-13)11(15)16-12(3,4)5;1-9(2,3)13-8(12)11-6-4-10-5-7-11;/h10H,6-9H2,1-5H3;10H,4-7H2,1-3H3;1H4. The molecule has 0 aromatic rings. The summed E-state index contributed by atoms with van der Waals surface area (Å²) in [4.78, 5) is 29.2. The second-order valence-corrected chi connectivity index (χ2v) is 9.81. The summed E-state index contributed by atoms with van der Waals surface area (Å²) in [5.41, 5.74) is -0.784. The van der Waals surface area contributed by atoms with Gasteiger partial charge < -0.3 is 24.6 Å². The highest BCUT2D eigenvalue weighted by atomic mass is 16.6. The molecule has 30 heavy (non-hydrogen) atoms. The quantitative estimate of drug-likeness (QED) is 0.687. The number of nitrogens with zero attached hydrogens (tertiary/aromatic N) is 3. The number of piperazine rings is 2. The first-order valence-electron chi connectivity index (χ1n) is 10.7. The highest BCUT2D eigenvalue weighted by Crippen LogP contribution is 2.13. The minimum atomic E-state index is -0.397. The molecular weight excluding hydrogens is 384 g/mol. The van der Waals surface area contributed by atoms with Crippen molar-refractivity contribution in [1.29, 1.82) is 0 Å². The van der Waals surface area contributed by atoms with E-state index in [0.29, 0.717) is 6.04 Å². The lowest BCUT2D eigenvalue weighted by atomic mass is 10.2. The Hall–Kier alpha value is -1.54. The Morgan fingerprint density at radius 2 is 1.10 bits per heavy atom. The van der Waals surface area contributed by atoms with E-state index in [0.717, 1.165) is 52.4 Å². The molecule has 0 atom stereocenters. The first-order valence-corrected chi connectivity index (χ1v) is 10.7. The maximum atomic E-state index is 11.8. The van der Waals surface area contributed by atoms with Crippen molar-refractivity contribution in [2.75, 3.05) is 52.4 Å². The Balaban J connectivity index is 0.000000553. The van der Waals surface area contributed by atoms with Crippen molar-refractivity contribution in [2.24, 2.45) is 0 Å². The SMILES string of the molecule is C.CC(C)(C)OC(=O)N1CCNCC1.CC(C)N1CCN(C(=O)OC(C)(C)C)CC1. The van der Waals surface area contributed by atoms with E-state index in [1.807, 2.05) is 41.5 Å². The molecular formula is C22H46N4O4. The van der Waals surface area contributed by atoms with E-state index in [9.17, 15) is 9.59 Å². The normalized spacial score (nSPS) is 18.2. The van der Waals surface area contributed by atoms with Gasteiger partial charge in [-0.15, -0.1) is 0 Å². The van der Waals surface area contributed by atoms with Gasteiger partial charge in [-0.05, 0) is 55.4 Å². The average molecular weight is 431 g/mol. The molecule has 2 saturated heterocycles. The molecule has 1 N–H and O–H groups in total. The van der Waals surface area contributed by atoms with E-state index in [2.05, 4.69) is 24.1 Å². The summed E-state index contributed by atoms with van der Waals surface area (Å²) in [6.45, 7) is 22.3. The van der Waals surface area contributed by atoms with Crippen molar-refractivity contribution < 1.29 is 19.1 Å². The zero-order valence-corrected chi connectivity index (χ0v) is 19.7. The van der Waals surface area contributed by atoms with Crippen LogP contribution in [0.25, 0.3) is 0 Å². The highest BCUT2D eigenvalue weighted by Gasteiger charge is 2.26. The zero-order chi connectivity index (χ0) is 22.2. The molecule has 2 rings (SSSR count). The number of carbonyl (C=O) groups excluding carboxylic acids is 2. The average Bonchev–Trinajstić information content (AvgIpc) is 2.60. The van der Waals surface area contributed by atoms with Crippen LogP contribution in [0.1, 0.15) is 62.8 Å². The van der Waals surface area contributed by atoms with E-state index in [1.54, 1.807) is 9.80 Å². The van der Waals surface area contributed by atoms with Gasteiger partial charge in [-0.1, -0.05) is 7.43 Å². The first kappa shape index (κ1) is 28.5. The van der Waals surface area contributed by atoms with Gasteiger partial charge in [-0.3, -0.25) is 4.90 Å². The van der Waals surface area contributed by atoms with Crippen molar-refractivity contribution in [3.63, 3.8) is 0 Å². The molecule has 2 heterocycles. The third-order valence-corrected chi connectivity index (χ3v) is 4.46. The highest BCUT2D eigenvalue weighted by molar-refractivity contribution is 5.68. The summed E-state index contributed by atoms with van der Waals surface area (Å²) in [6, 6.07) is 0.556. The molecule has 2 fully saturated rings. The lowest BCUT2D eigenvalue weighted by Crippen LogP contribution is -2.51. The molecule has 0 radical (unpaired) electrons. The Morgan fingerprint density at radius 3 is 1.43 bits per heavy atom. The van der Waals surface area contributed by atoms with Gasteiger partial charge in [0.2, 0.25) is 0 Å². The molecule has 8 heteroatoms. The van der Waals surface area contributed by atoms with Crippen molar-refractivity contribution in [1.82, 2.24) is 20.0 Å². The van der Waals surface area contributed by atoms with Crippen LogP contribution in [0.15, 0.2) is 0 Å². The number of nitrogens with one attached hydrogen (secondary N) is 1. The maximum Gasteiger partial charge on any atom is 0.410 e. The van der Waals surface area contributed by atoms with Gasteiger partial charge in [0.15, 0.2) is 0 Å². The summed E-state index contributed by atoms with van der Waals surface area (Å²) >= 11 is 0. The van der Waals surface area contributed by atoms with Crippen LogP contribution in [-0.2, 0) is 9.47 Å². The smallest absolute Gasteiger partial charge is 0.410 e. The van der Waals surface area contributed by atoms with Gasteiger partial charge >= 0.3 is 12.2 Å². The lowest BCUT2D eigenvalue weighted by Gasteiger charge is -2.37. The van der Waals surface area contributed by atoms with Crippen LogP contribution in [0.5, 0.6) is 0 Å². The van der Waals surface area contributed by atoms with Crippen LogP contribution in [0.3, 0.4) is 0 Å².